The molecular weight excluding hydrogens is 250 g/mol. The molecular formula is C16H27N3O. The minimum absolute atomic E-state index is 0.104. The average molecular weight is 277 g/mol. The first-order valence-corrected chi connectivity index (χ1v) is 7.88. The van der Waals surface area contributed by atoms with Gasteiger partial charge in [0, 0.05) is 6.20 Å². The Balaban J connectivity index is 1.90. The predicted molar refractivity (Wildman–Crippen MR) is 80.5 cm³/mol. The summed E-state index contributed by atoms with van der Waals surface area (Å²) in [5.41, 5.74) is 6.79. The normalized spacial score (nSPS) is 18.4. The molecule has 1 aromatic rings. The second-order valence-electron chi connectivity index (χ2n) is 6.46. The lowest BCUT2D eigenvalue weighted by molar-refractivity contribution is -0.120. The molecule has 1 aromatic heterocycles. The Morgan fingerprint density at radius 1 is 1.40 bits per heavy atom. The van der Waals surface area contributed by atoms with Gasteiger partial charge in [-0.2, -0.15) is 5.10 Å². The molecule has 2 rings (SSSR count). The minimum atomic E-state index is -0.352. The van der Waals surface area contributed by atoms with Gasteiger partial charge >= 0.3 is 0 Å². The molecule has 0 aromatic carbocycles. The number of Topliss-reactive ketones (excluding diaryl/α,β-unsaturated/α-hetero) is 1. The van der Waals surface area contributed by atoms with Crippen LogP contribution in [0.1, 0.15) is 64.1 Å². The summed E-state index contributed by atoms with van der Waals surface area (Å²) in [4.78, 5) is 12.1. The summed E-state index contributed by atoms with van der Waals surface area (Å²) in [6.07, 6.45) is 9.48. The zero-order valence-electron chi connectivity index (χ0n) is 12.7. The van der Waals surface area contributed by atoms with Crippen molar-refractivity contribution in [3.05, 3.63) is 18.0 Å². The number of carbonyl (C=O) groups excluding carboxylic acids is 1. The van der Waals surface area contributed by atoms with Crippen molar-refractivity contribution < 1.29 is 4.79 Å². The monoisotopic (exact) mass is 277 g/mol. The number of carbonyl (C=O) groups is 1. The predicted octanol–water partition coefficient (Wildman–Crippen LogP) is 2.87. The highest BCUT2D eigenvalue weighted by atomic mass is 16.1. The van der Waals surface area contributed by atoms with E-state index in [1.54, 1.807) is 0 Å². The molecule has 4 heteroatoms. The lowest BCUT2D eigenvalue weighted by atomic mass is 9.96. The molecule has 0 bridgehead atoms. The molecule has 1 fully saturated rings. The van der Waals surface area contributed by atoms with Crippen LogP contribution in [0.4, 0.5) is 0 Å². The lowest BCUT2D eigenvalue weighted by Crippen LogP contribution is -2.33. The Morgan fingerprint density at radius 2 is 2.10 bits per heavy atom. The van der Waals surface area contributed by atoms with E-state index in [1.165, 1.54) is 32.1 Å². The fourth-order valence-corrected chi connectivity index (χ4v) is 2.97. The summed E-state index contributed by atoms with van der Waals surface area (Å²) >= 11 is 0. The van der Waals surface area contributed by atoms with Crippen molar-refractivity contribution >= 4 is 5.78 Å². The van der Waals surface area contributed by atoms with Gasteiger partial charge in [-0.15, -0.1) is 0 Å². The van der Waals surface area contributed by atoms with Crippen LogP contribution >= 0.6 is 0 Å². The smallest absolute Gasteiger partial charge is 0.155 e. The maximum atomic E-state index is 12.1. The number of aromatic nitrogens is 2. The van der Waals surface area contributed by atoms with Crippen molar-refractivity contribution in [2.75, 3.05) is 0 Å². The van der Waals surface area contributed by atoms with E-state index in [1.807, 2.05) is 12.3 Å². The van der Waals surface area contributed by atoms with E-state index in [9.17, 15) is 4.79 Å². The molecule has 1 saturated carbocycles. The van der Waals surface area contributed by atoms with E-state index in [-0.39, 0.29) is 11.8 Å². The summed E-state index contributed by atoms with van der Waals surface area (Å²) < 4.78 is 2.05. The number of nitrogens with zero attached hydrogens (tertiary/aromatic N) is 2. The molecule has 20 heavy (non-hydrogen) atoms. The first kappa shape index (κ1) is 15.2. The van der Waals surface area contributed by atoms with Gasteiger partial charge in [0.2, 0.25) is 0 Å². The summed E-state index contributed by atoms with van der Waals surface area (Å²) in [5.74, 6) is 0.557. The maximum Gasteiger partial charge on any atom is 0.155 e. The first-order chi connectivity index (χ1) is 9.56. The molecule has 0 saturated heterocycles. The largest absolute Gasteiger partial charge is 0.321 e. The quantitative estimate of drug-likeness (QED) is 0.869. The zero-order valence-corrected chi connectivity index (χ0v) is 12.7. The topological polar surface area (TPSA) is 60.9 Å². The van der Waals surface area contributed by atoms with Crippen LogP contribution in [0.25, 0.3) is 0 Å². The lowest BCUT2D eigenvalue weighted by Gasteiger charge is -2.21. The highest BCUT2D eigenvalue weighted by molar-refractivity contribution is 5.85. The summed E-state index contributed by atoms with van der Waals surface area (Å²) in [5, 5.41) is 4.58. The fourth-order valence-electron chi connectivity index (χ4n) is 2.97. The molecule has 2 N–H and O–H groups in total. The van der Waals surface area contributed by atoms with Crippen LogP contribution in [0, 0.1) is 5.92 Å². The minimum Gasteiger partial charge on any atom is -0.321 e. The van der Waals surface area contributed by atoms with Crippen molar-refractivity contribution in [2.45, 2.75) is 70.9 Å². The van der Waals surface area contributed by atoms with E-state index >= 15 is 0 Å². The van der Waals surface area contributed by atoms with Gasteiger partial charge in [-0.3, -0.25) is 9.48 Å². The third-order valence-corrected chi connectivity index (χ3v) is 4.11. The highest BCUT2D eigenvalue weighted by Gasteiger charge is 2.19. The number of ketones is 1. The van der Waals surface area contributed by atoms with Crippen LogP contribution in [0.2, 0.25) is 0 Å². The summed E-state index contributed by atoms with van der Waals surface area (Å²) in [7, 11) is 0. The van der Waals surface area contributed by atoms with Crippen LogP contribution in [0.15, 0.2) is 12.3 Å². The van der Waals surface area contributed by atoms with Crippen LogP contribution < -0.4 is 5.73 Å². The third-order valence-electron chi connectivity index (χ3n) is 4.11. The molecule has 0 amide bonds. The van der Waals surface area contributed by atoms with Gasteiger partial charge in [0.25, 0.3) is 0 Å². The van der Waals surface area contributed by atoms with Crippen LogP contribution in [0.3, 0.4) is 0 Å². The summed E-state index contributed by atoms with van der Waals surface area (Å²) in [6.45, 7) is 4.18. The third kappa shape index (κ3) is 4.17. The molecule has 0 radical (unpaired) electrons. The van der Waals surface area contributed by atoms with E-state index in [0.29, 0.717) is 18.4 Å². The van der Waals surface area contributed by atoms with Crippen LogP contribution in [-0.2, 0) is 11.2 Å². The van der Waals surface area contributed by atoms with Crippen molar-refractivity contribution in [2.24, 2.45) is 11.7 Å². The number of hydrogen-bond acceptors (Lipinski definition) is 3. The van der Waals surface area contributed by atoms with Crippen LogP contribution in [0.5, 0.6) is 0 Å². The second kappa shape index (κ2) is 7.02. The fraction of sp³-hybridized carbons (Fsp3) is 0.750. The Labute approximate surface area is 121 Å². The SMILES string of the molecule is CC(C)CC(N)C(=O)Cc1ccn(C2CCCCC2)n1. The molecule has 112 valence electrons. The van der Waals surface area contributed by atoms with Gasteiger partial charge in [0.05, 0.1) is 24.2 Å². The molecule has 1 heterocycles. The second-order valence-corrected chi connectivity index (χ2v) is 6.46. The van der Waals surface area contributed by atoms with Crippen molar-refractivity contribution in [3.63, 3.8) is 0 Å². The van der Waals surface area contributed by atoms with E-state index in [0.717, 1.165) is 12.1 Å². The number of nitrogens with two attached hydrogens (primary N) is 1. The van der Waals surface area contributed by atoms with Gasteiger partial charge < -0.3 is 5.73 Å². The molecule has 0 aliphatic heterocycles. The average Bonchev–Trinajstić information content (AvgIpc) is 2.87. The van der Waals surface area contributed by atoms with Crippen molar-refractivity contribution in [3.8, 4) is 0 Å². The van der Waals surface area contributed by atoms with Crippen molar-refractivity contribution in [1.29, 1.82) is 0 Å². The Kier molecular flexibility index (Phi) is 5.35. The van der Waals surface area contributed by atoms with Gasteiger partial charge in [0.15, 0.2) is 5.78 Å². The molecule has 1 aliphatic rings. The molecule has 1 aliphatic carbocycles. The Hall–Kier alpha value is -1.16. The molecule has 0 spiro atoms. The molecule has 4 nitrogen and oxygen atoms in total. The maximum absolute atomic E-state index is 12.1. The summed E-state index contributed by atoms with van der Waals surface area (Å²) in [6, 6.07) is 2.14. The van der Waals surface area contributed by atoms with Gasteiger partial charge in [0.1, 0.15) is 0 Å². The van der Waals surface area contributed by atoms with E-state index in [4.69, 9.17) is 5.73 Å². The Bertz CT molecular complexity index is 433. The molecule has 1 unspecified atom stereocenters. The Morgan fingerprint density at radius 3 is 2.75 bits per heavy atom. The number of rotatable bonds is 6. The highest BCUT2D eigenvalue weighted by Crippen LogP contribution is 2.27. The van der Waals surface area contributed by atoms with Gasteiger partial charge in [-0.25, -0.2) is 0 Å². The van der Waals surface area contributed by atoms with E-state index in [2.05, 4.69) is 23.6 Å². The number of hydrogen-bond donors (Lipinski definition) is 1. The van der Waals surface area contributed by atoms with E-state index < -0.39 is 0 Å². The van der Waals surface area contributed by atoms with Crippen LogP contribution in [-0.4, -0.2) is 21.6 Å². The first-order valence-electron chi connectivity index (χ1n) is 7.88. The zero-order chi connectivity index (χ0) is 14.5. The van der Waals surface area contributed by atoms with Gasteiger partial charge in [-0.1, -0.05) is 33.1 Å². The van der Waals surface area contributed by atoms with Crippen molar-refractivity contribution in [1.82, 2.24) is 9.78 Å². The molecule has 1 atom stereocenters. The standard InChI is InChI=1S/C16H27N3O/c1-12(2)10-15(17)16(20)11-13-8-9-19(18-13)14-6-4-3-5-7-14/h8-9,12,14-15H,3-7,10-11,17H2,1-2H3. The van der Waals surface area contributed by atoms with Gasteiger partial charge in [-0.05, 0) is 31.2 Å².